The first-order valence-corrected chi connectivity index (χ1v) is 7.38. The largest absolute Gasteiger partial charge is 0.425 e. The summed E-state index contributed by atoms with van der Waals surface area (Å²) in [5.41, 5.74) is 1.25. The number of alkyl halides is 3. The molecule has 0 radical (unpaired) electrons. The number of nitrogens with zero attached hydrogens (tertiary/aromatic N) is 1. The van der Waals surface area contributed by atoms with Gasteiger partial charge in [0.1, 0.15) is 4.88 Å². The van der Waals surface area contributed by atoms with Crippen LogP contribution >= 0.6 is 22.7 Å². The van der Waals surface area contributed by atoms with E-state index in [-0.39, 0.29) is 11.4 Å². The molecule has 0 saturated carbocycles. The lowest BCUT2D eigenvalue weighted by atomic mass is 10.3. The van der Waals surface area contributed by atoms with Gasteiger partial charge in [0, 0.05) is 0 Å². The molecule has 0 spiro atoms. The molecule has 0 saturated heterocycles. The van der Waals surface area contributed by atoms with Gasteiger partial charge in [0.25, 0.3) is 0 Å². The lowest BCUT2D eigenvalue weighted by molar-refractivity contribution is -0.134. The summed E-state index contributed by atoms with van der Waals surface area (Å²) in [6, 6.07) is 8.36. The van der Waals surface area contributed by atoms with Gasteiger partial charge in [0.05, 0.1) is 16.8 Å². The van der Waals surface area contributed by atoms with E-state index in [1.807, 2.05) is 12.1 Å². The SMILES string of the molecule is O=c1sc2ccccc2n1Cc1csc(C(F)(F)F)c1. The number of rotatable bonds is 2. The number of halogens is 3. The molecular weight excluding hydrogens is 307 g/mol. The third-order valence-corrected chi connectivity index (χ3v) is 4.83. The Morgan fingerprint density at radius 2 is 1.95 bits per heavy atom. The van der Waals surface area contributed by atoms with Gasteiger partial charge in [-0.3, -0.25) is 9.36 Å². The summed E-state index contributed by atoms with van der Waals surface area (Å²) in [4.78, 5) is 11.1. The van der Waals surface area contributed by atoms with Gasteiger partial charge in [-0.25, -0.2) is 0 Å². The van der Waals surface area contributed by atoms with Crippen molar-refractivity contribution in [2.45, 2.75) is 12.7 Å². The Morgan fingerprint density at radius 3 is 2.65 bits per heavy atom. The first-order chi connectivity index (χ1) is 9.45. The first-order valence-electron chi connectivity index (χ1n) is 5.68. The number of aromatic nitrogens is 1. The number of benzene rings is 1. The molecule has 20 heavy (non-hydrogen) atoms. The van der Waals surface area contributed by atoms with Crippen molar-refractivity contribution in [2.24, 2.45) is 0 Å². The fraction of sp³-hybridized carbons (Fsp3) is 0.154. The van der Waals surface area contributed by atoms with E-state index in [0.717, 1.165) is 27.6 Å². The van der Waals surface area contributed by atoms with E-state index in [2.05, 4.69) is 0 Å². The number of hydrogen-bond acceptors (Lipinski definition) is 3. The second-order valence-electron chi connectivity index (χ2n) is 4.24. The monoisotopic (exact) mass is 315 g/mol. The Bertz CT molecular complexity index is 813. The zero-order chi connectivity index (χ0) is 14.3. The smallest absolute Gasteiger partial charge is 0.294 e. The lowest BCUT2D eigenvalue weighted by Crippen LogP contribution is -2.13. The number of hydrogen-bond donors (Lipinski definition) is 0. The average Bonchev–Trinajstić information content (AvgIpc) is 2.95. The van der Waals surface area contributed by atoms with Gasteiger partial charge in [-0.15, -0.1) is 11.3 Å². The normalized spacial score (nSPS) is 12.2. The zero-order valence-corrected chi connectivity index (χ0v) is 11.6. The molecule has 0 atom stereocenters. The van der Waals surface area contributed by atoms with Crippen LogP contribution in [0.4, 0.5) is 13.2 Å². The molecule has 2 nitrogen and oxygen atoms in total. The molecule has 3 rings (SSSR count). The summed E-state index contributed by atoms with van der Waals surface area (Å²) < 4.78 is 40.0. The van der Waals surface area contributed by atoms with Crippen LogP contribution in [0, 0.1) is 0 Å². The van der Waals surface area contributed by atoms with Crippen molar-refractivity contribution in [3.05, 3.63) is 55.8 Å². The van der Waals surface area contributed by atoms with Crippen LogP contribution in [0.25, 0.3) is 10.2 Å². The summed E-state index contributed by atoms with van der Waals surface area (Å²) in [5.74, 6) is 0. The Hall–Kier alpha value is -1.60. The average molecular weight is 315 g/mol. The van der Waals surface area contributed by atoms with Gasteiger partial charge < -0.3 is 0 Å². The molecule has 0 aliphatic heterocycles. The summed E-state index contributed by atoms with van der Waals surface area (Å²) in [5, 5.41) is 1.45. The predicted octanol–water partition coefficient (Wildman–Crippen LogP) is 4.19. The molecule has 0 aliphatic carbocycles. The van der Waals surface area contributed by atoms with Crippen LogP contribution < -0.4 is 4.87 Å². The molecule has 0 bridgehead atoms. The molecule has 0 N–H and O–H groups in total. The minimum absolute atomic E-state index is 0.161. The molecule has 2 aromatic heterocycles. The molecule has 0 unspecified atom stereocenters. The van der Waals surface area contributed by atoms with Gasteiger partial charge in [-0.1, -0.05) is 23.5 Å². The highest BCUT2D eigenvalue weighted by Gasteiger charge is 2.32. The van der Waals surface area contributed by atoms with Crippen LogP contribution in [0.3, 0.4) is 0 Å². The number of thiazole rings is 1. The van der Waals surface area contributed by atoms with E-state index < -0.39 is 11.1 Å². The second-order valence-corrected chi connectivity index (χ2v) is 6.14. The van der Waals surface area contributed by atoms with Crippen LogP contribution in [-0.4, -0.2) is 4.57 Å². The van der Waals surface area contributed by atoms with Crippen LogP contribution in [0.5, 0.6) is 0 Å². The molecule has 0 aliphatic rings. The fourth-order valence-corrected chi connectivity index (χ4v) is 3.62. The van der Waals surface area contributed by atoms with Gasteiger partial charge in [0.2, 0.25) is 0 Å². The molecule has 104 valence electrons. The molecule has 3 aromatic rings. The lowest BCUT2D eigenvalue weighted by Gasteiger charge is -2.02. The molecular formula is C13H8F3NOS2. The van der Waals surface area contributed by atoms with Crippen LogP contribution in [0.15, 0.2) is 40.5 Å². The Kier molecular flexibility index (Phi) is 3.18. The summed E-state index contributed by atoms with van der Waals surface area (Å²) in [6.45, 7) is 0.162. The van der Waals surface area contributed by atoms with Crippen molar-refractivity contribution < 1.29 is 13.2 Å². The third kappa shape index (κ3) is 2.38. The van der Waals surface area contributed by atoms with E-state index in [1.54, 1.807) is 12.1 Å². The van der Waals surface area contributed by atoms with Crippen molar-refractivity contribution in [1.29, 1.82) is 0 Å². The van der Waals surface area contributed by atoms with Crippen molar-refractivity contribution in [3.63, 3.8) is 0 Å². The van der Waals surface area contributed by atoms with E-state index >= 15 is 0 Å². The maximum Gasteiger partial charge on any atom is 0.425 e. The first kappa shape index (κ1) is 13.4. The van der Waals surface area contributed by atoms with E-state index in [4.69, 9.17) is 0 Å². The number of fused-ring (bicyclic) bond motifs is 1. The Balaban J connectivity index is 1.99. The molecule has 0 fully saturated rings. The second kappa shape index (κ2) is 4.75. The molecule has 1 aromatic carbocycles. The maximum absolute atomic E-state index is 12.6. The maximum atomic E-state index is 12.6. The number of para-hydroxylation sites is 1. The van der Waals surface area contributed by atoms with Gasteiger partial charge in [0.15, 0.2) is 0 Å². The summed E-state index contributed by atoms with van der Waals surface area (Å²) >= 11 is 1.75. The van der Waals surface area contributed by atoms with E-state index in [0.29, 0.717) is 16.9 Å². The van der Waals surface area contributed by atoms with Crippen LogP contribution in [0.1, 0.15) is 10.4 Å². The third-order valence-electron chi connectivity index (χ3n) is 2.85. The Morgan fingerprint density at radius 1 is 1.20 bits per heavy atom. The quantitative estimate of drug-likeness (QED) is 0.695. The highest BCUT2D eigenvalue weighted by Crippen LogP contribution is 2.34. The minimum atomic E-state index is -4.33. The highest BCUT2D eigenvalue weighted by molar-refractivity contribution is 7.16. The van der Waals surface area contributed by atoms with Crippen molar-refractivity contribution in [1.82, 2.24) is 4.57 Å². The van der Waals surface area contributed by atoms with Crippen molar-refractivity contribution in [2.75, 3.05) is 0 Å². The van der Waals surface area contributed by atoms with Gasteiger partial charge in [-0.2, -0.15) is 13.2 Å². The summed E-state index contributed by atoms with van der Waals surface area (Å²) in [7, 11) is 0. The van der Waals surface area contributed by atoms with Crippen LogP contribution in [0.2, 0.25) is 0 Å². The zero-order valence-electron chi connectivity index (χ0n) is 9.98. The molecule has 7 heteroatoms. The highest BCUT2D eigenvalue weighted by atomic mass is 32.1. The fourth-order valence-electron chi connectivity index (χ4n) is 1.95. The topological polar surface area (TPSA) is 22.0 Å². The van der Waals surface area contributed by atoms with E-state index in [1.165, 1.54) is 9.95 Å². The minimum Gasteiger partial charge on any atom is -0.294 e. The summed E-state index contributed by atoms with van der Waals surface area (Å²) in [6.07, 6.45) is -4.33. The van der Waals surface area contributed by atoms with Crippen molar-refractivity contribution >= 4 is 32.9 Å². The van der Waals surface area contributed by atoms with Crippen molar-refractivity contribution in [3.8, 4) is 0 Å². The van der Waals surface area contributed by atoms with E-state index in [9.17, 15) is 18.0 Å². The molecule has 0 amide bonds. The van der Waals surface area contributed by atoms with Gasteiger partial charge >= 0.3 is 11.0 Å². The van der Waals surface area contributed by atoms with Gasteiger partial charge in [-0.05, 0) is 29.1 Å². The standard InChI is InChI=1S/C13H8F3NOS2/c14-13(15,16)11-5-8(7-19-11)6-17-9-3-1-2-4-10(9)20-12(17)18/h1-5,7H,6H2. The predicted molar refractivity (Wildman–Crippen MR) is 74.5 cm³/mol. The molecule has 2 heterocycles. The Labute approximate surface area is 119 Å². The number of thiophene rings is 1. The van der Waals surface area contributed by atoms with Crippen LogP contribution in [-0.2, 0) is 12.7 Å².